The Morgan fingerprint density at radius 1 is 1.33 bits per heavy atom. The molecular weight excluding hydrogens is 411 g/mol. The van der Waals surface area contributed by atoms with Crippen molar-refractivity contribution in [3.8, 4) is 5.75 Å². The number of benzene rings is 1. The molecule has 1 aromatic carbocycles. The van der Waals surface area contributed by atoms with Gasteiger partial charge in [0, 0.05) is 18.3 Å². The molecular formula is C20H25FN4O4S. The third-order valence-electron chi connectivity index (χ3n) is 4.79. The van der Waals surface area contributed by atoms with Crippen LogP contribution in [0.15, 0.2) is 35.5 Å². The zero-order valence-electron chi connectivity index (χ0n) is 17.5. The number of carbonyl (C=O) groups excluding carboxylic acids is 1. The maximum atomic E-state index is 14.3. The number of methoxy groups -OCH3 is 1. The minimum Gasteiger partial charge on any atom is -0.495 e. The number of aromatic nitrogens is 1. The highest BCUT2D eigenvalue weighted by atomic mass is 32.2. The SMILES string of the molecule is CN=C(N)C(C)(C)S(=O)(=O)Cc1cc(NC(=O)c2ncc(OC)cc2C)ccc1F. The third-order valence-corrected chi connectivity index (χ3v) is 7.24. The van der Waals surface area contributed by atoms with Crippen LogP contribution in [0.5, 0.6) is 5.75 Å². The Bertz CT molecular complexity index is 1100. The normalized spacial score (nSPS) is 12.5. The van der Waals surface area contributed by atoms with E-state index < -0.39 is 32.1 Å². The summed E-state index contributed by atoms with van der Waals surface area (Å²) in [5.74, 6) is -1.40. The number of aliphatic imine (C=N–C) groups is 1. The van der Waals surface area contributed by atoms with E-state index >= 15 is 0 Å². The molecule has 0 saturated carbocycles. The van der Waals surface area contributed by atoms with Crippen molar-refractivity contribution in [3.63, 3.8) is 0 Å². The van der Waals surface area contributed by atoms with Gasteiger partial charge in [-0.2, -0.15) is 0 Å². The zero-order valence-corrected chi connectivity index (χ0v) is 18.3. The van der Waals surface area contributed by atoms with Gasteiger partial charge in [0.15, 0.2) is 9.84 Å². The van der Waals surface area contributed by atoms with Crippen molar-refractivity contribution < 1.29 is 22.3 Å². The molecule has 0 atom stereocenters. The smallest absolute Gasteiger partial charge is 0.274 e. The molecule has 2 rings (SSSR count). The number of amides is 1. The molecule has 0 spiro atoms. The van der Waals surface area contributed by atoms with Crippen molar-refractivity contribution in [2.45, 2.75) is 31.3 Å². The summed E-state index contributed by atoms with van der Waals surface area (Å²) in [7, 11) is -1.01. The van der Waals surface area contributed by atoms with Crippen molar-refractivity contribution in [3.05, 3.63) is 53.1 Å². The van der Waals surface area contributed by atoms with Gasteiger partial charge in [0.2, 0.25) is 0 Å². The van der Waals surface area contributed by atoms with E-state index in [-0.39, 0.29) is 22.8 Å². The minimum atomic E-state index is -3.89. The summed E-state index contributed by atoms with van der Waals surface area (Å²) in [5, 5.41) is 2.61. The number of anilines is 1. The van der Waals surface area contributed by atoms with Crippen LogP contribution in [-0.4, -0.2) is 44.0 Å². The van der Waals surface area contributed by atoms with Crippen molar-refractivity contribution in [2.24, 2.45) is 10.7 Å². The quantitative estimate of drug-likeness (QED) is 0.508. The first-order chi connectivity index (χ1) is 13.9. The largest absolute Gasteiger partial charge is 0.495 e. The lowest BCUT2D eigenvalue weighted by atomic mass is 10.1. The fourth-order valence-corrected chi connectivity index (χ4v) is 4.07. The Balaban J connectivity index is 2.30. The molecule has 0 bridgehead atoms. The van der Waals surface area contributed by atoms with Crippen LogP contribution in [0.2, 0.25) is 0 Å². The highest BCUT2D eigenvalue weighted by molar-refractivity contribution is 7.92. The number of carbonyl (C=O) groups is 1. The molecule has 0 radical (unpaired) electrons. The number of aryl methyl sites for hydroxylation is 1. The predicted molar refractivity (Wildman–Crippen MR) is 114 cm³/mol. The van der Waals surface area contributed by atoms with Crippen molar-refractivity contribution in [1.29, 1.82) is 0 Å². The van der Waals surface area contributed by atoms with Crippen LogP contribution in [0.25, 0.3) is 0 Å². The number of nitrogens with one attached hydrogen (secondary N) is 1. The van der Waals surface area contributed by atoms with Gasteiger partial charge < -0.3 is 15.8 Å². The number of pyridine rings is 1. The highest BCUT2D eigenvalue weighted by Gasteiger charge is 2.38. The van der Waals surface area contributed by atoms with Crippen LogP contribution < -0.4 is 15.8 Å². The molecule has 1 amide bonds. The van der Waals surface area contributed by atoms with E-state index in [9.17, 15) is 17.6 Å². The lowest BCUT2D eigenvalue weighted by Gasteiger charge is -2.24. The number of nitrogens with zero attached hydrogens (tertiary/aromatic N) is 2. The lowest BCUT2D eigenvalue weighted by Crippen LogP contribution is -2.46. The Kier molecular flexibility index (Phi) is 6.81. The number of ether oxygens (including phenoxy) is 1. The Hall–Kier alpha value is -3.01. The van der Waals surface area contributed by atoms with Gasteiger partial charge in [0.1, 0.15) is 27.8 Å². The average molecular weight is 437 g/mol. The van der Waals surface area contributed by atoms with E-state index in [0.29, 0.717) is 11.3 Å². The van der Waals surface area contributed by atoms with Gasteiger partial charge in [-0.25, -0.2) is 17.8 Å². The van der Waals surface area contributed by atoms with Crippen LogP contribution >= 0.6 is 0 Å². The van der Waals surface area contributed by atoms with E-state index in [2.05, 4.69) is 15.3 Å². The van der Waals surface area contributed by atoms with Crippen molar-refractivity contribution >= 4 is 27.3 Å². The van der Waals surface area contributed by atoms with E-state index in [1.54, 1.807) is 13.0 Å². The molecule has 162 valence electrons. The standard InChI is InChI=1S/C20H25FN4O4S/c1-12-8-15(29-5)10-24-17(12)18(26)25-14-6-7-16(21)13(9-14)11-30(27,28)20(2,3)19(22)23-4/h6-10H,11H2,1-5H3,(H2,22,23)(H,25,26). The van der Waals surface area contributed by atoms with Crippen LogP contribution in [0, 0.1) is 12.7 Å². The average Bonchev–Trinajstić information content (AvgIpc) is 2.69. The second-order valence-electron chi connectivity index (χ2n) is 7.18. The molecule has 0 aliphatic heterocycles. The molecule has 10 heteroatoms. The van der Waals surface area contributed by atoms with Crippen molar-refractivity contribution in [1.82, 2.24) is 4.98 Å². The summed E-state index contributed by atoms with van der Waals surface area (Å²) in [6.45, 7) is 4.52. The first-order valence-electron chi connectivity index (χ1n) is 8.98. The van der Waals surface area contributed by atoms with Gasteiger partial charge in [-0.05, 0) is 50.6 Å². The molecule has 1 heterocycles. The van der Waals surface area contributed by atoms with Crippen LogP contribution in [0.4, 0.5) is 10.1 Å². The molecule has 30 heavy (non-hydrogen) atoms. The number of rotatable bonds is 7. The van der Waals surface area contributed by atoms with Crippen LogP contribution in [-0.2, 0) is 15.6 Å². The molecule has 0 aliphatic rings. The monoisotopic (exact) mass is 436 g/mol. The van der Waals surface area contributed by atoms with E-state index in [0.717, 1.165) is 6.07 Å². The Labute approximate surface area is 175 Å². The first-order valence-corrected chi connectivity index (χ1v) is 10.6. The first kappa shape index (κ1) is 23.3. The molecule has 3 N–H and O–H groups in total. The third kappa shape index (κ3) is 4.76. The van der Waals surface area contributed by atoms with Crippen LogP contribution in [0.1, 0.15) is 35.5 Å². The Morgan fingerprint density at radius 2 is 2.00 bits per heavy atom. The maximum absolute atomic E-state index is 14.3. The lowest BCUT2D eigenvalue weighted by molar-refractivity contribution is 0.102. The van der Waals surface area contributed by atoms with E-state index in [1.165, 1.54) is 46.3 Å². The number of nitrogens with two attached hydrogens (primary N) is 1. The fraction of sp³-hybridized carbons (Fsp3) is 0.350. The number of sulfone groups is 1. The van der Waals surface area contributed by atoms with Gasteiger partial charge in [0.05, 0.1) is 19.1 Å². The van der Waals surface area contributed by atoms with Gasteiger partial charge in [-0.3, -0.25) is 9.79 Å². The number of hydrogen-bond acceptors (Lipinski definition) is 6. The van der Waals surface area contributed by atoms with E-state index in [1.807, 2.05) is 0 Å². The molecule has 0 unspecified atom stereocenters. The second-order valence-corrected chi connectivity index (χ2v) is 9.72. The van der Waals surface area contributed by atoms with E-state index in [4.69, 9.17) is 10.5 Å². The molecule has 8 nitrogen and oxygen atoms in total. The molecule has 0 fully saturated rings. The van der Waals surface area contributed by atoms with Gasteiger partial charge in [-0.1, -0.05) is 0 Å². The summed E-state index contributed by atoms with van der Waals surface area (Å²) in [6.07, 6.45) is 1.41. The zero-order chi connectivity index (χ0) is 22.7. The molecule has 1 aromatic heterocycles. The molecule has 2 aromatic rings. The van der Waals surface area contributed by atoms with Crippen LogP contribution in [0.3, 0.4) is 0 Å². The number of hydrogen-bond donors (Lipinski definition) is 2. The predicted octanol–water partition coefficient (Wildman–Crippen LogP) is 2.47. The summed E-state index contributed by atoms with van der Waals surface area (Å²) < 4.78 is 43.5. The van der Waals surface area contributed by atoms with Gasteiger partial charge >= 0.3 is 0 Å². The summed E-state index contributed by atoms with van der Waals surface area (Å²) in [6, 6.07) is 5.37. The van der Waals surface area contributed by atoms with Gasteiger partial charge in [0.25, 0.3) is 5.91 Å². The highest BCUT2D eigenvalue weighted by Crippen LogP contribution is 2.25. The molecule has 0 aliphatic carbocycles. The summed E-state index contributed by atoms with van der Waals surface area (Å²) >= 11 is 0. The fourth-order valence-electron chi connectivity index (χ4n) is 2.67. The van der Waals surface area contributed by atoms with Gasteiger partial charge in [-0.15, -0.1) is 0 Å². The Morgan fingerprint density at radius 3 is 2.57 bits per heavy atom. The minimum absolute atomic E-state index is 0.0755. The maximum Gasteiger partial charge on any atom is 0.274 e. The summed E-state index contributed by atoms with van der Waals surface area (Å²) in [5.41, 5.74) is 6.63. The van der Waals surface area contributed by atoms with Crippen molar-refractivity contribution in [2.75, 3.05) is 19.5 Å². The molecule has 0 saturated heterocycles. The second kappa shape index (κ2) is 8.78. The number of halogens is 1. The summed E-state index contributed by atoms with van der Waals surface area (Å²) in [4.78, 5) is 20.4. The number of amidine groups is 1. The topological polar surface area (TPSA) is 124 Å².